The highest BCUT2D eigenvalue weighted by Gasteiger charge is 2.26. The average molecular weight is 359 g/mol. The van der Waals surface area contributed by atoms with Crippen LogP contribution >= 0.6 is 0 Å². The molecule has 24 heavy (non-hydrogen) atoms. The van der Waals surface area contributed by atoms with Gasteiger partial charge in [0, 0.05) is 7.11 Å². The second-order valence-corrected chi connectivity index (χ2v) is 7.62. The van der Waals surface area contributed by atoms with E-state index in [9.17, 15) is 13.4 Å². The van der Waals surface area contributed by atoms with Crippen molar-refractivity contribution in [1.82, 2.24) is 0 Å². The number of halogens is 1. The van der Waals surface area contributed by atoms with Crippen molar-refractivity contribution in [2.45, 2.75) is 32.4 Å². The normalized spacial score (nSPS) is 13.5. The molecule has 0 spiro atoms. The summed E-state index contributed by atoms with van der Waals surface area (Å²) in [6, 6.07) is 3.61. The molecule has 0 unspecified atom stereocenters. The van der Waals surface area contributed by atoms with E-state index in [1.165, 1.54) is 19.2 Å². The van der Waals surface area contributed by atoms with Crippen molar-refractivity contribution in [3.63, 3.8) is 0 Å². The Hall–Kier alpha value is -1.80. The minimum absolute atomic E-state index is 0.0584. The van der Waals surface area contributed by atoms with Crippen LogP contribution in [0.15, 0.2) is 22.6 Å². The van der Waals surface area contributed by atoms with Gasteiger partial charge in [-0.1, -0.05) is 0 Å². The van der Waals surface area contributed by atoms with Gasteiger partial charge in [-0.05, 0) is 45.9 Å². The summed E-state index contributed by atoms with van der Waals surface area (Å²) in [7, 11) is -0.306. The van der Waals surface area contributed by atoms with Gasteiger partial charge in [-0.15, -0.1) is 0 Å². The molecule has 0 fully saturated rings. The molecule has 1 aromatic carbocycles. The fourth-order valence-corrected chi connectivity index (χ4v) is 2.16. The maximum absolute atomic E-state index is 13.7. The van der Waals surface area contributed by atoms with Crippen molar-refractivity contribution in [2.75, 3.05) is 20.5 Å². The third kappa shape index (κ3) is 5.68. The van der Waals surface area contributed by atoms with Gasteiger partial charge in [0.25, 0.3) is 0 Å². The summed E-state index contributed by atoms with van der Waals surface area (Å²) in [5.41, 5.74) is -0.196. The summed E-state index contributed by atoms with van der Waals surface area (Å²) >= 11 is 0. The molecule has 0 aliphatic rings. The maximum Gasteiger partial charge on any atom is 0.358 e. The molecule has 0 N–H and O–H groups in total. The first-order valence-electron chi connectivity index (χ1n) is 7.30. The number of carbonyl (C=O) groups is 1. The second kappa shape index (κ2) is 8.89. The summed E-state index contributed by atoms with van der Waals surface area (Å²) in [6.07, 6.45) is 0. The van der Waals surface area contributed by atoms with Crippen LogP contribution in [0, 0.1) is 5.82 Å². The standard InChI is InChI=1S/C16H22FNO5S/c1-6-22-15(19)14(18-24(20)16(2,3)4)12-9-11(17)7-8-13(12)23-10-21-5/h7-9H,6,10H2,1-5H3/t24-/m1/s1. The predicted molar refractivity (Wildman–Crippen MR) is 90.0 cm³/mol. The molecular weight excluding hydrogens is 337 g/mol. The van der Waals surface area contributed by atoms with Crippen LogP contribution in [-0.2, 0) is 25.3 Å². The largest absolute Gasteiger partial charge is 0.467 e. The molecule has 0 amide bonds. The molecule has 0 aliphatic carbocycles. The predicted octanol–water partition coefficient (Wildman–Crippen LogP) is 2.62. The van der Waals surface area contributed by atoms with E-state index in [4.69, 9.17) is 14.2 Å². The molecule has 0 aliphatic heterocycles. The Morgan fingerprint density at radius 2 is 2.00 bits per heavy atom. The van der Waals surface area contributed by atoms with Crippen LogP contribution in [0.5, 0.6) is 5.75 Å². The van der Waals surface area contributed by atoms with Crippen LogP contribution in [-0.4, -0.2) is 41.1 Å². The average Bonchev–Trinajstić information content (AvgIpc) is 2.50. The van der Waals surface area contributed by atoms with E-state index in [0.29, 0.717) is 0 Å². The van der Waals surface area contributed by atoms with E-state index in [1.807, 2.05) is 0 Å². The molecule has 0 aromatic heterocycles. The fourth-order valence-electron chi connectivity index (χ4n) is 1.55. The van der Waals surface area contributed by atoms with Crippen LogP contribution in [0.25, 0.3) is 0 Å². The van der Waals surface area contributed by atoms with Crippen molar-refractivity contribution in [2.24, 2.45) is 4.40 Å². The zero-order valence-electron chi connectivity index (χ0n) is 14.4. The van der Waals surface area contributed by atoms with Crippen LogP contribution < -0.4 is 4.74 Å². The van der Waals surface area contributed by atoms with E-state index in [1.54, 1.807) is 27.7 Å². The zero-order chi connectivity index (χ0) is 18.3. The number of benzene rings is 1. The molecular formula is C16H22FNO5S. The van der Waals surface area contributed by atoms with Crippen LogP contribution in [0.2, 0.25) is 0 Å². The molecule has 0 bridgehead atoms. The molecule has 1 rings (SSSR count). The molecule has 6 nitrogen and oxygen atoms in total. The van der Waals surface area contributed by atoms with E-state index < -0.39 is 27.5 Å². The van der Waals surface area contributed by atoms with E-state index >= 15 is 0 Å². The van der Waals surface area contributed by atoms with Gasteiger partial charge in [0.2, 0.25) is 0 Å². The first-order valence-corrected chi connectivity index (χ1v) is 8.40. The minimum Gasteiger partial charge on any atom is -0.467 e. The van der Waals surface area contributed by atoms with Gasteiger partial charge in [-0.25, -0.2) is 13.4 Å². The number of hydrogen-bond acceptors (Lipinski definition) is 5. The van der Waals surface area contributed by atoms with E-state index in [0.717, 1.165) is 6.07 Å². The number of esters is 1. The third-order valence-corrected chi connectivity index (χ3v) is 4.09. The summed E-state index contributed by atoms with van der Waals surface area (Å²) < 4.78 is 44.4. The lowest BCUT2D eigenvalue weighted by Crippen LogP contribution is -2.25. The zero-order valence-corrected chi connectivity index (χ0v) is 15.2. The van der Waals surface area contributed by atoms with Gasteiger partial charge in [-0.2, -0.15) is 4.40 Å². The molecule has 0 radical (unpaired) electrons. The van der Waals surface area contributed by atoms with Gasteiger partial charge in [0.1, 0.15) is 22.6 Å². The summed E-state index contributed by atoms with van der Waals surface area (Å²) in [4.78, 5) is 12.2. The monoisotopic (exact) mass is 359 g/mol. The van der Waals surface area contributed by atoms with Crippen molar-refractivity contribution >= 4 is 22.7 Å². The summed E-state index contributed by atoms with van der Waals surface area (Å²) in [5, 5.41) is 0. The number of carbonyl (C=O) groups excluding carboxylic acids is 1. The van der Waals surface area contributed by atoms with Gasteiger partial charge >= 0.3 is 5.97 Å². The summed E-state index contributed by atoms with van der Waals surface area (Å²) in [5.74, 6) is -1.22. The molecule has 0 saturated carbocycles. The highest BCUT2D eigenvalue weighted by atomic mass is 32.2. The van der Waals surface area contributed by atoms with Crippen molar-refractivity contribution in [3.8, 4) is 5.75 Å². The lowest BCUT2D eigenvalue weighted by atomic mass is 10.1. The Bertz CT molecular complexity index is 640. The van der Waals surface area contributed by atoms with Gasteiger partial charge in [0.05, 0.1) is 16.9 Å². The highest BCUT2D eigenvalue weighted by Crippen LogP contribution is 2.23. The fraction of sp³-hybridized carbons (Fsp3) is 0.500. The summed E-state index contributed by atoms with van der Waals surface area (Å²) in [6.45, 7) is 6.76. The van der Waals surface area contributed by atoms with Crippen LogP contribution in [0.1, 0.15) is 33.3 Å². The number of ether oxygens (including phenoxy) is 3. The first kappa shape index (κ1) is 20.2. The molecule has 1 atom stereocenters. The first-order chi connectivity index (χ1) is 11.2. The van der Waals surface area contributed by atoms with Crippen molar-refractivity contribution in [1.29, 1.82) is 0 Å². The number of hydrogen-bond donors (Lipinski definition) is 0. The smallest absolute Gasteiger partial charge is 0.358 e. The van der Waals surface area contributed by atoms with Crippen molar-refractivity contribution in [3.05, 3.63) is 29.6 Å². The van der Waals surface area contributed by atoms with E-state index in [-0.39, 0.29) is 30.4 Å². The van der Waals surface area contributed by atoms with Crippen LogP contribution in [0.3, 0.4) is 0 Å². The maximum atomic E-state index is 13.7. The lowest BCUT2D eigenvalue weighted by Gasteiger charge is -2.16. The number of methoxy groups -OCH3 is 1. The number of nitrogens with zero attached hydrogens (tertiary/aromatic N) is 1. The topological polar surface area (TPSA) is 74.2 Å². The van der Waals surface area contributed by atoms with Gasteiger partial charge in [-0.3, -0.25) is 0 Å². The molecule has 1 aromatic rings. The quantitative estimate of drug-likeness (QED) is 0.425. The molecule has 0 heterocycles. The molecule has 0 saturated heterocycles. The minimum atomic E-state index is -1.73. The molecule has 134 valence electrons. The SMILES string of the molecule is CCOC(=O)C(=N[S@](=O)C(C)(C)C)c1cc(F)ccc1OCOC. The van der Waals surface area contributed by atoms with Gasteiger partial charge in [0.15, 0.2) is 12.5 Å². The molecule has 8 heteroatoms. The second-order valence-electron chi connectivity index (χ2n) is 5.71. The van der Waals surface area contributed by atoms with Gasteiger partial charge < -0.3 is 14.2 Å². The highest BCUT2D eigenvalue weighted by molar-refractivity contribution is 7.85. The Morgan fingerprint density at radius 1 is 1.33 bits per heavy atom. The Morgan fingerprint density at radius 3 is 2.54 bits per heavy atom. The van der Waals surface area contributed by atoms with Crippen LogP contribution in [0.4, 0.5) is 4.39 Å². The Balaban J connectivity index is 3.44. The Kier molecular flexibility index (Phi) is 7.50. The van der Waals surface area contributed by atoms with E-state index in [2.05, 4.69) is 4.40 Å². The lowest BCUT2D eigenvalue weighted by molar-refractivity contribution is -0.134. The number of rotatable bonds is 7. The third-order valence-electron chi connectivity index (χ3n) is 2.70. The van der Waals surface area contributed by atoms with Crippen molar-refractivity contribution < 1.29 is 27.6 Å². The Labute approximate surface area is 143 Å².